The maximum Gasteiger partial charge on any atom is 0.281 e. The monoisotopic (exact) mass is 547 g/mol. The molecule has 1 saturated carbocycles. The lowest BCUT2D eigenvalue weighted by Gasteiger charge is -2.26. The van der Waals surface area contributed by atoms with Crippen LogP contribution in [0.5, 0.6) is 5.75 Å². The predicted molar refractivity (Wildman–Crippen MR) is 125 cm³/mol. The van der Waals surface area contributed by atoms with Crippen molar-refractivity contribution in [3.63, 3.8) is 0 Å². The van der Waals surface area contributed by atoms with Gasteiger partial charge in [0.1, 0.15) is 53.1 Å². The van der Waals surface area contributed by atoms with Gasteiger partial charge < -0.3 is 30.0 Å². The van der Waals surface area contributed by atoms with Gasteiger partial charge in [-0.1, -0.05) is 0 Å². The molecule has 1 aliphatic heterocycles. The number of rotatable bonds is 4. The van der Waals surface area contributed by atoms with Crippen LogP contribution in [0.15, 0.2) is 47.3 Å². The van der Waals surface area contributed by atoms with Gasteiger partial charge in [-0.05, 0) is 53.0 Å². The van der Waals surface area contributed by atoms with Crippen molar-refractivity contribution >= 4 is 43.7 Å². The molecule has 0 bridgehead atoms. The number of benzene rings is 1. The molecule has 1 aromatic carbocycles. The van der Waals surface area contributed by atoms with Crippen LogP contribution >= 0.6 is 15.9 Å². The van der Waals surface area contributed by atoms with Gasteiger partial charge in [0.2, 0.25) is 0 Å². The SMILES string of the molecule is Nc1nc2cc(O[C@H]3CC[C@]4(O)C(O)[C@H](n5ccc6c(C(F)F)ncnc65)O[C@H]34)ccc2cc1Br. The normalized spacial score (nSPS) is 28.3. The third-order valence-corrected chi connectivity index (χ3v) is 7.44. The van der Waals surface area contributed by atoms with Crippen LogP contribution in [0.2, 0.25) is 0 Å². The fourth-order valence-electron chi connectivity index (χ4n) is 5.07. The molecule has 4 N–H and O–H groups in total. The molecule has 9 nitrogen and oxygen atoms in total. The largest absolute Gasteiger partial charge is 0.488 e. The number of halogens is 3. The molecule has 1 aliphatic carbocycles. The lowest BCUT2D eigenvalue weighted by molar-refractivity contribution is -0.0791. The first-order valence-corrected chi connectivity index (χ1v) is 11.7. The molecule has 0 amide bonds. The van der Waals surface area contributed by atoms with Crippen molar-refractivity contribution in [2.75, 3.05) is 5.73 Å². The van der Waals surface area contributed by atoms with Crippen LogP contribution in [0.3, 0.4) is 0 Å². The van der Waals surface area contributed by atoms with E-state index in [0.717, 1.165) is 11.7 Å². The van der Waals surface area contributed by atoms with Crippen LogP contribution in [-0.4, -0.2) is 53.6 Å². The first kappa shape index (κ1) is 22.5. The number of alkyl halides is 2. The minimum Gasteiger partial charge on any atom is -0.488 e. The van der Waals surface area contributed by atoms with Gasteiger partial charge in [0.25, 0.3) is 6.43 Å². The number of nitrogens with two attached hydrogens (primary N) is 1. The van der Waals surface area contributed by atoms with Crippen molar-refractivity contribution < 1.29 is 28.5 Å². The average molecular weight is 548 g/mol. The van der Waals surface area contributed by atoms with Crippen molar-refractivity contribution in [3.05, 3.63) is 53.0 Å². The molecule has 3 aromatic heterocycles. The molecular formula is C23H20BrF2N5O4. The van der Waals surface area contributed by atoms with Gasteiger partial charge in [-0.3, -0.25) is 0 Å². The fourth-order valence-corrected chi connectivity index (χ4v) is 5.41. The zero-order valence-electron chi connectivity index (χ0n) is 18.1. The number of pyridine rings is 1. The Balaban J connectivity index is 1.29. The number of hydrogen-bond acceptors (Lipinski definition) is 8. The number of nitrogens with zero attached hydrogens (tertiary/aromatic N) is 4. The van der Waals surface area contributed by atoms with Gasteiger partial charge in [-0.25, -0.2) is 23.7 Å². The highest BCUT2D eigenvalue weighted by molar-refractivity contribution is 9.10. The van der Waals surface area contributed by atoms with E-state index in [4.69, 9.17) is 15.2 Å². The Hall–Kier alpha value is -2.93. The smallest absolute Gasteiger partial charge is 0.281 e. The van der Waals surface area contributed by atoms with E-state index in [1.165, 1.54) is 16.8 Å². The molecule has 12 heteroatoms. The molecule has 2 aliphatic rings. The lowest BCUT2D eigenvalue weighted by Crippen LogP contribution is -2.47. The molecule has 1 unspecified atom stereocenters. The number of fused-ring (bicyclic) bond motifs is 3. The summed E-state index contributed by atoms with van der Waals surface area (Å²) < 4.78 is 41.1. The average Bonchev–Trinajstić information content (AvgIpc) is 3.46. The standard InChI is InChI=1S/C23H20BrF2N5O4/c24-13-7-10-1-2-11(8-14(10)30-20(13)27)34-15-3-5-23(33)17(32)22(35-18(15)23)31-6-4-12-16(19(25)26)28-9-29-21(12)31/h1-2,4,6-9,15,17-19,22,32-33H,3,5H2,(H2,27,30)/t15-,17?,18+,22+,23-/m0/s1. The zero-order chi connectivity index (χ0) is 24.5. The Labute approximate surface area is 205 Å². The topological polar surface area (TPSA) is 129 Å². The van der Waals surface area contributed by atoms with Crippen molar-refractivity contribution in [1.29, 1.82) is 0 Å². The van der Waals surface area contributed by atoms with E-state index >= 15 is 0 Å². The zero-order valence-corrected chi connectivity index (χ0v) is 19.6. The number of hydrogen-bond donors (Lipinski definition) is 3. The summed E-state index contributed by atoms with van der Waals surface area (Å²) >= 11 is 3.36. The molecule has 4 aromatic rings. The summed E-state index contributed by atoms with van der Waals surface area (Å²) in [6, 6.07) is 8.70. The van der Waals surface area contributed by atoms with Gasteiger partial charge in [0.05, 0.1) is 9.99 Å². The number of ether oxygens (including phenoxy) is 2. The highest BCUT2D eigenvalue weighted by Gasteiger charge is 2.62. The molecule has 1 saturated heterocycles. The number of nitrogen functional groups attached to an aromatic ring is 1. The predicted octanol–water partition coefficient (Wildman–Crippen LogP) is 3.49. The van der Waals surface area contributed by atoms with E-state index < -0.39 is 42.3 Å². The molecule has 35 heavy (non-hydrogen) atoms. The summed E-state index contributed by atoms with van der Waals surface area (Å²) in [6.45, 7) is 0. The molecule has 0 spiro atoms. The van der Waals surface area contributed by atoms with Crippen LogP contribution in [0.25, 0.3) is 21.9 Å². The summed E-state index contributed by atoms with van der Waals surface area (Å²) in [6.07, 6.45) is -3.32. The summed E-state index contributed by atoms with van der Waals surface area (Å²) in [4.78, 5) is 12.1. The third-order valence-electron chi connectivity index (χ3n) is 6.81. The second-order valence-corrected chi connectivity index (χ2v) is 9.66. The van der Waals surface area contributed by atoms with Crippen molar-refractivity contribution in [1.82, 2.24) is 19.5 Å². The van der Waals surface area contributed by atoms with Crippen molar-refractivity contribution in [2.45, 2.75) is 49.4 Å². The van der Waals surface area contributed by atoms with E-state index in [1.807, 2.05) is 12.1 Å². The maximum atomic E-state index is 13.4. The second kappa shape index (κ2) is 8.05. The number of aliphatic hydroxyl groups is 2. The quantitative estimate of drug-likeness (QED) is 0.354. The molecular weight excluding hydrogens is 528 g/mol. The molecule has 6 rings (SSSR count). The lowest BCUT2D eigenvalue weighted by atomic mass is 9.94. The summed E-state index contributed by atoms with van der Waals surface area (Å²) in [7, 11) is 0. The van der Waals surface area contributed by atoms with E-state index in [2.05, 4.69) is 30.9 Å². The van der Waals surface area contributed by atoms with Crippen molar-refractivity contribution in [2.24, 2.45) is 0 Å². The molecule has 182 valence electrons. The Kier molecular flexibility index (Phi) is 5.18. The molecule has 2 fully saturated rings. The van der Waals surface area contributed by atoms with Gasteiger partial charge in [0.15, 0.2) is 6.23 Å². The Morgan fingerprint density at radius 2 is 2.09 bits per heavy atom. The Morgan fingerprint density at radius 1 is 1.26 bits per heavy atom. The van der Waals surface area contributed by atoms with E-state index in [0.29, 0.717) is 28.0 Å². The van der Waals surface area contributed by atoms with E-state index in [9.17, 15) is 19.0 Å². The van der Waals surface area contributed by atoms with Gasteiger partial charge in [-0.15, -0.1) is 0 Å². The number of anilines is 1. The highest BCUT2D eigenvalue weighted by Crippen LogP contribution is 2.48. The number of aliphatic hydroxyl groups excluding tert-OH is 1. The van der Waals surface area contributed by atoms with Crippen LogP contribution in [-0.2, 0) is 4.74 Å². The Bertz CT molecular complexity index is 1450. The van der Waals surface area contributed by atoms with Crippen LogP contribution in [0, 0.1) is 0 Å². The molecule has 0 radical (unpaired) electrons. The molecule has 5 atom stereocenters. The van der Waals surface area contributed by atoms with E-state index in [1.54, 1.807) is 12.1 Å². The van der Waals surface area contributed by atoms with Gasteiger partial charge in [-0.2, -0.15) is 0 Å². The fraction of sp³-hybridized carbons (Fsp3) is 0.348. The summed E-state index contributed by atoms with van der Waals surface area (Å²) in [5, 5.41) is 23.4. The first-order valence-electron chi connectivity index (χ1n) is 10.9. The van der Waals surface area contributed by atoms with E-state index in [-0.39, 0.29) is 17.5 Å². The first-order chi connectivity index (χ1) is 16.8. The van der Waals surface area contributed by atoms with Gasteiger partial charge in [0, 0.05) is 23.0 Å². The molecule has 4 heterocycles. The minimum absolute atomic E-state index is 0.157. The van der Waals surface area contributed by atoms with Crippen LogP contribution in [0.1, 0.15) is 31.2 Å². The maximum absolute atomic E-state index is 13.4. The second-order valence-electron chi connectivity index (χ2n) is 8.81. The minimum atomic E-state index is -2.78. The Morgan fingerprint density at radius 3 is 2.89 bits per heavy atom. The third kappa shape index (κ3) is 3.46. The van der Waals surface area contributed by atoms with Crippen molar-refractivity contribution in [3.8, 4) is 5.75 Å². The number of aromatic nitrogens is 4. The van der Waals surface area contributed by atoms with Crippen LogP contribution in [0.4, 0.5) is 14.6 Å². The highest BCUT2D eigenvalue weighted by atomic mass is 79.9. The summed E-state index contributed by atoms with van der Waals surface area (Å²) in [5.41, 5.74) is 4.75. The van der Waals surface area contributed by atoms with Gasteiger partial charge >= 0.3 is 0 Å². The summed E-state index contributed by atoms with van der Waals surface area (Å²) in [5.74, 6) is 0.871. The van der Waals surface area contributed by atoms with Crippen LogP contribution < -0.4 is 10.5 Å².